The van der Waals surface area contributed by atoms with Crippen molar-refractivity contribution in [3.8, 4) is 17.3 Å². The number of furan rings is 1. The number of carbonyl (C=O) groups excluding carboxylic acids is 1. The zero-order valence-electron chi connectivity index (χ0n) is 22.2. The van der Waals surface area contributed by atoms with E-state index in [1.54, 1.807) is 47.4 Å². The summed E-state index contributed by atoms with van der Waals surface area (Å²) in [4.78, 5) is 44.0. The fourth-order valence-electron chi connectivity index (χ4n) is 4.66. The van der Waals surface area contributed by atoms with E-state index in [4.69, 9.17) is 13.9 Å². The van der Waals surface area contributed by atoms with E-state index >= 15 is 0 Å². The molecule has 0 atom stereocenters. The van der Waals surface area contributed by atoms with Crippen LogP contribution in [0.2, 0.25) is 0 Å². The fraction of sp³-hybridized carbons (Fsp3) is 0.172. The molecule has 3 aromatic carbocycles. The van der Waals surface area contributed by atoms with Gasteiger partial charge in [0.1, 0.15) is 5.58 Å². The van der Waals surface area contributed by atoms with Gasteiger partial charge in [0.25, 0.3) is 11.5 Å². The van der Waals surface area contributed by atoms with Crippen molar-refractivity contribution in [2.75, 3.05) is 32.9 Å². The van der Waals surface area contributed by atoms with Crippen LogP contribution in [0.1, 0.15) is 5.56 Å². The van der Waals surface area contributed by atoms with Crippen LogP contribution in [0.4, 0.5) is 5.69 Å². The number of morpholine rings is 1. The highest BCUT2D eigenvalue weighted by Gasteiger charge is 2.24. The highest BCUT2D eigenvalue weighted by molar-refractivity contribution is 9.10. The van der Waals surface area contributed by atoms with Crippen molar-refractivity contribution >= 4 is 71.5 Å². The molecule has 5 aromatic rings. The van der Waals surface area contributed by atoms with E-state index in [-0.39, 0.29) is 28.7 Å². The molecule has 3 heterocycles. The van der Waals surface area contributed by atoms with Gasteiger partial charge in [0.15, 0.2) is 12.4 Å². The van der Waals surface area contributed by atoms with Crippen molar-refractivity contribution in [1.82, 2.24) is 14.6 Å². The molecule has 1 amide bonds. The Morgan fingerprint density at radius 2 is 1.88 bits per heavy atom. The molecular weight excluding hydrogens is 690 g/mol. The summed E-state index contributed by atoms with van der Waals surface area (Å²) in [6.45, 7) is 1.18. The molecule has 0 saturated carbocycles. The summed E-state index contributed by atoms with van der Waals surface area (Å²) in [5.74, 6) is -0.0877. The summed E-state index contributed by atoms with van der Waals surface area (Å²) in [6, 6.07) is 16.9. The van der Waals surface area contributed by atoms with E-state index in [1.807, 2.05) is 12.1 Å². The number of amides is 1. The molecule has 0 bridgehead atoms. The Morgan fingerprint density at radius 3 is 2.67 bits per heavy atom. The van der Waals surface area contributed by atoms with Crippen LogP contribution in [0.3, 0.4) is 0 Å². The maximum absolute atomic E-state index is 13.7. The lowest BCUT2D eigenvalue weighted by molar-refractivity contribution is -0.385. The number of nitro groups is 1. The zero-order valence-corrected chi connectivity index (χ0v) is 25.4. The number of ether oxygens (including phenoxy) is 2. The lowest BCUT2D eigenvalue weighted by atomic mass is 10.2. The molecule has 1 aliphatic rings. The first-order chi connectivity index (χ1) is 20.8. The van der Waals surface area contributed by atoms with Crippen molar-refractivity contribution in [2.24, 2.45) is 5.10 Å². The third kappa shape index (κ3) is 5.94. The Labute approximate surface area is 259 Å². The van der Waals surface area contributed by atoms with Crippen LogP contribution in [0.25, 0.3) is 33.5 Å². The third-order valence-corrected chi connectivity index (χ3v) is 7.68. The minimum atomic E-state index is -0.613. The van der Waals surface area contributed by atoms with E-state index < -0.39 is 17.1 Å². The zero-order chi connectivity index (χ0) is 30.1. The molecule has 0 unspecified atom stereocenters. The maximum Gasteiger partial charge on any atom is 0.312 e. The van der Waals surface area contributed by atoms with Crippen molar-refractivity contribution in [3.63, 3.8) is 0 Å². The average molecular weight is 711 g/mol. The number of carbonyl (C=O) groups is 1. The number of fused-ring (bicyclic) bond motifs is 2. The minimum Gasteiger partial charge on any atom is -0.476 e. The molecule has 1 fully saturated rings. The predicted molar refractivity (Wildman–Crippen MR) is 166 cm³/mol. The number of hydrogen-bond donors (Lipinski definition) is 0. The summed E-state index contributed by atoms with van der Waals surface area (Å²) >= 11 is 6.75. The molecule has 12 nitrogen and oxygen atoms in total. The molecule has 0 spiro atoms. The van der Waals surface area contributed by atoms with Gasteiger partial charge in [0, 0.05) is 39.1 Å². The number of nitro benzene ring substituents is 1. The SMILES string of the molecule is O=C(COc1c(C=Nn2c(-c3cc4cc(Br)ccc4o3)nc3ccccc3c2=O)cc(Br)cc1[N+](=O)[O-])N1CCOCC1. The third-order valence-electron chi connectivity index (χ3n) is 6.73. The summed E-state index contributed by atoms with van der Waals surface area (Å²) in [6.07, 6.45) is 1.26. The van der Waals surface area contributed by atoms with Crippen LogP contribution in [0.15, 0.2) is 83.9 Å². The molecule has 1 aliphatic heterocycles. The monoisotopic (exact) mass is 709 g/mol. The van der Waals surface area contributed by atoms with Crippen LogP contribution in [-0.2, 0) is 9.53 Å². The number of nitrogens with zero attached hydrogens (tertiary/aromatic N) is 5. The molecule has 14 heteroatoms. The van der Waals surface area contributed by atoms with Crippen molar-refractivity contribution in [2.45, 2.75) is 0 Å². The van der Waals surface area contributed by atoms with Gasteiger partial charge in [0.05, 0.1) is 35.3 Å². The van der Waals surface area contributed by atoms with Gasteiger partial charge in [-0.15, -0.1) is 0 Å². The predicted octanol–water partition coefficient (Wildman–Crippen LogP) is 5.36. The lowest BCUT2D eigenvalue weighted by Crippen LogP contribution is -2.43. The van der Waals surface area contributed by atoms with Gasteiger partial charge < -0.3 is 18.8 Å². The second-order valence-corrected chi connectivity index (χ2v) is 11.3. The topological polar surface area (TPSA) is 142 Å². The van der Waals surface area contributed by atoms with Gasteiger partial charge in [0.2, 0.25) is 11.6 Å². The standard InChI is InChI=1S/C29H21Br2N5O7/c30-19-5-6-24-17(11-19)13-25(43-24)28-33-22-4-2-1-3-21(22)29(38)35(28)32-15-18-12-20(31)14-23(36(39)40)27(18)42-16-26(37)34-7-9-41-10-8-34/h1-6,11-15H,7-10,16H2. The number of halogens is 2. The lowest BCUT2D eigenvalue weighted by Gasteiger charge is -2.26. The summed E-state index contributed by atoms with van der Waals surface area (Å²) < 4.78 is 19.4. The van der Waals surface area contributed by atoms with Gasteiger partial charge in [-0.05, 0) is 42.5 Å². The first-order valence-electron chi connectivity index (χ1n) is 13.0. The van der Waals surface area contributed by atoms with Crippen LogP contribution in [0.5, 0.6) is 5.75 Å². The summed E-state index contributed by atoms with van der Waals surface area (Å²) in [5, 5.41) is 17.5. The molecule has 1 saturated heterocycles. The van der Waals surface area contributed by atoms with Gasteiger partial charge in [-0.1, -0.05) is 44.0 Å². The molecular formula is C29H21Br2N5O7. The van der Waals surface area contributed by atoms with Gasteiger partial charge in [-0.3, -0.25) is 19.7 Å². The molecule has 43 heavy (non-hydrogen) atoms. The van der Waals surface area contributed by atoms with Crippen LogP contribution < -0.4 is 10.3 Å². The summed E-state index contributed by atoms with van der Waals surface area (Å²) in [5.41, 5.74) is 0.333. The Morgan fingerprint density at radius 1 is 1.09 bits per heavy atom. The van der Waals surface area contributed by atoms with Gasteiger partial charge in [-0.25, -0.2) is 4.98 Å². The number of rotatable bonds is 7. The van der Waals surface area contributed by atoms with Gasteiger partial charge >= 0.3 is 5.69 Å². The van der Waals surface area contributed by atoms with Crippen molar-refractivity contribution in [3.05, 3.63) is 95.6 Å². The van der Waals surface area contributed by atoms with Gasteiger partial charge in [-0.2, -0.15) is 9.78 Å². The molecule has 6 rings (SSSR count). The average Bonchev–Trinajstić information content (AvgIpc) is 3.43. The fourth-order valence-corrected chi connectivity index (χ4v) is 5.50. The molecule has 0 radical (unpaired) electrons. The van der Waals surface area contributed by atoms with Crippen LogP contribution in [0, 0.1) is 10.1 Å². The van der Waals surface area contributed by atoms with Crippen LogP contribution in [-0.4, -0.2) is 64.5 Å². The molecule has 0 N–H and O–H groups in total. The second-order valence-electron chi connectivity index (χ2n) is 9.49. The Balaban J connectivity index is 1.45. The first-order valence-corrected chi connectivity index (χ1v) is 14.6. The van der Waals surface area contributed by atoms with Crippen molar-refractivity contribution < 1.29 is 23.6 Å². The second kappa shape index (κ2) is 12.1. The maximum atomic E-state index is 13.7. The van der Waals surface area contributed by atoms with E-state index in [9.17, 15) is 19.7 Å². The Bertz CT molecular complexity index is 1980. The Kier molecular flexibility index (Phi) is 8.06. The number of para-hydroxylation sites is 1. The van der Waals surface area contributed by atoms with Crippen molar-refractivity contribution in [1.29, 1.82) is 0 Å². The molecule has 0 aliphatic carbocycles. The highest BCUT2D eigenvalue weighted by Crippen LogP contribution is 2.34. The molecule has 218 valence electrons. The minimum absolute atomic E-state index is 0.127. The normalized spacial score (nSPS) is 13.7. The smallest absolute Gasteiger partial charge is 0.312 e. The number of hydrogen-bond acceptors (Lipinski definition) is 9. The largest absolute Gasteiger partial charge is 0.476 e. The van der Waals surface area contributed by atoms with E-state index in [0.717, 1.165) is 14.5 Å². The number of benzene rings is 3. The summed E-state index contributed by atoms with van der Waals surface area (Å²) in [7, 11) is 0. The molecule has 2 aromatic heterocycles. The Hall–Kier alpha value is -4.40. The first kappa shape index (κ1) is 28.7. The van der Waals surface area contributed by atoms with E-state index in [1.165, 1.54) is 12.3 Å². The van der Waals surface area contributed by atoms with E-state index in [0.29, 0.717) is 53.0 Å². The highest BCUT2D eigenvalue weighted by atomic mass is 79.9. The quantitative estimate of drug-likeness (QED) is 0.125. The number of aromatic nitrogens is 2. The van der Waals surface area contributed by atoms with Crippen LogP contribution >= 0.6 is 31.9 Å². The van der Waals surface area contributed by atoms with E-state index in [2.05, 4.69) is 41.9 Å².